The monoisotopic (exact) mass is 323 g/mol. The molecule has 2 rings (SSSR count). The van der Waals surface area contributed by atoms with Crippen LogP contribution >= 0.6 is 11.6 Å². The first kappa shape index (κ1) is 16.3. The third-order valence-corrected chi connectivity index (χ3v) is 3.42. The Hall–Kier alpha value is -2.05. The Labute approximate surface area is 133 Å². The van der Waals surface area contributed by atoms with Crippen molar-refractivity contribution in [3.63, 3.8) is 0 Å². The summed E-state index contributed by atoms with van der Waals surface area (Å²) in [6.07, 6.45) is 2.18. The molecule has 2 N–H and O–H groups in total. The molecule has 0 atom stereocenters. The van der Waals surface area contributed by atoms with Crippen LogP contribution in [0.2, 0.25) is 0 Å². The van der Waals surface area contributed by atoms with Gasteiger partial charge in [0, 0.05) is 31.7 Å². The molecule has 6 nitrogen and oxygen atoms in total. The Kier molecular flexibility index (Phi) is 5.05. The van der Waals surface area contributed by atoms with Crippen LogP contribution in [0.3, 0.4) is 0 Å². The van der Waals surface area contributed by atoms with Crippen molar-refractivity contribution in [3.8, 4) is 5.75 Å². The number of carbonyl (C=O) groups excluding carboxylic acids is 1. The lowest BCUT2D eigenvalue weighted by molar-refractivity contribution is 0.108. The van der Waals surface area contributed by atoms with E-state index in [4.69, 9.17) is 22.1 Å². The van der Waals surface area contributed by atoms with E-state index in [0.717, 1.165) is 6.42 Å². The van der Waals surface area contributed by atoms with Gasteiger partial charge in [-0.2, -0.15) is 0 Å². The zero-order chi connectivity index (χ0) is 16.3. The number of nitrogens with two attached hydrogens (primary N) is 1. The molecular formula is C15H18ClN3O3. The summed E-state index contributed by atoms with van der Waals surface area (Å²) in [6.45, 7) is 1.06. The summed E-state index contributed by atoms with van der Waals surface area (Å²) in [7, 11) is 3.60. The predicted molar refractivity (Wildman–Crippen MR) is 87.6 cm³/mol. The SMILES string of the molecule is CN(C)n1cc(C(=O)Cl)c(=O)c2ccc(OCCCN)cc21. The van der Waals surface area contributed by atoms with E-state index in [9.17, 15) is 9.59 Å². The number of ether oxygens (including phenoxy) is 1. The summed E-state index contributed by atoms with van der Waals surface area (Å²) in [5.41, 5.74) is 5.63. The molecule has 22 heavy (non-hydrogen) atoms. The lowest BCUT2D eigenvalue weighted by Gasteiger charge is -2.20. The lowest BCUT2D eigenvalue weighted by Crippen LogP contribution is -2.29. The number of halogens is 1. The maximum absolute atomic E-state index is 12.3. The molecule has 0 saturated carbocycles. The largest absolute Gasteiger partial charge is 0.493 e. The number of hydrogen-bond acceptors (Lipinski definition) is 5. The highest BCUT2D eigenvalue weighted by Gasteiger charge is 2.15. The Bertz CT molecular complexity index is 756. The summed E-state index contributed by atoms with van der Waals surface area (Å²) < 4.78 is 7.28. The second kappa shape index (κ2) is 6.81. The topological polar surface area (TPSA) is 77.6 Å². The minimum absolute atomic E-state index is 0.0559. The number of nitrogens with zero attached hydrogens (tertiary/aromatic N) is 2. The van der Waals surface area contributed by atoms with Crippen LogP contribution in [0.25, 0.3) is 10.9 Å². The molecule has 7 heteroatoms. The summed E-state index contributed by atoms with van der Waals surface area (Å²) in [5.74, 6) is 0.640. The fourth-order valence-electron chi connectivity index (χ4n) is 2.12. The van der Waals surface area contributed by atoms with Crippen LogP contribution < -0.4 is 20.9 Å². The van der Waals surface area contributed by atoms with E-state index in [1.807, 2.05) is 0 Å². The predicted octanol–water partition coefficient (Wildman–Crippen LogP) is 1.31. The Morgan fingerprint density at radius 3 is 2.73 bits per heavy atom. The Morgan fingerprint density at radius 1 is 1.41 bits per heavy atom. The van der Waals surface area contributed by atoms with E-state index in [1.165, 1.54) is 6.20 Å². The summed E-state index contributed by atoms with van der Waals surface area (Å²) in [6, 6.07) is 5.09. The van der Waals surface area contributed by atoms with Gasteiger partial charge in [0.05, 0.1) is 12.1 Å². The maximum atomic E-state index is 12.3. The molecule has 0 radical (unpaired) electrons. The van der Waals surface area contributed by atoms with Crippen molar-refractivity contribution >= 4 is 27.7 Å². The van der Waals surface area contributed by atoms with E-state index in [1.54, 1.807) is 42.0 Å². The van der Waals surface area contributed by atoms with Gasteiger partial charge >= 0.3 is 0 Å². The van der Waals surface area contributed by atoms with Gasteiger partial charge in [0.15, 0.2) is 0 Å². The van der Waals surface area contributed by atoms with Crippen molar-refractivity contribution in [2.24, 2.45) is 5.73 Å². The molecular weight excluding hydrogens is 306 g/mol. The maximum Gasteiger partial charge on any atom is 0.257 e. The number of carbonyl (C=O) groups is 1. The van der Waals surface area contributed by atoms with Gasteiger partial charge in [0.25, 0.3) is 5.24 Å². The van der Waals surface area contributed by atoms with Crippen molar-refractivity contribution in [2.75, 3.05) is 32.3 Å². The molecule has 1 aromatic carbocycles. The third-order valence-electron chi connectivity index (χ3n) is 3.22. The number of rotatable bonds is 6. The molecule has 0 aliphatic rings. The van der Waals surface area contributed by atoms with E-state index >= 15 is 0 Å². The van der Waals surface area contributed by atoms with Crippen LogP contribution in [-0.2, 0) is 0 Å². The fraction of sp³-hybridized carbons (Fsp3) is 0.333. The number of pyridine rings is 1. The van der Waals surface area contributed by atoms with E-state index in [-0.39, 0.29) is 11.0 Å². The summed E-state index contributed by atoms with van der Waals surface area (Å²) >= 11 is 5.49. The van der Waals surface area contributed by atoms with Crippen LogP contribution in [0.4, 0.5) is 0 Å². The second-order valence-electron chi connectivity index (χ2n) is 5.01. The Morgan fingerprint density at radius 2 is 2.14 bits per heavy atom. The number of hydrogen-bond donors (Lipinski definition) is 1. The fourth-order valence-corrected chi connectivity index (χ4v) is 2.26. The molecule has 1 aromatic heterocycles. The van der Waals surface area contributed by atoms with E-state index in [2.05, 4.69) is 0 Å². The van der Waals surface area contributed by atoms with Gasteiger partial charge in [0.1, 0.15) is 11.3 Å². The van der Waals surface area contributed by atoms with Crippen LogP contribution in [-0.4, -0.2) is 37.2 Å². The quantitative estimate of drug-likeness (QED) is 0.640. The first-order chi connectivity index (χ1) is 10.5. The normalized spacial score (nSPS) is 10.7. The van der Waals surface area contributed by atoms with E-state index < -0.39 is 5.24 Å². The van der Waals surface area contributed by atoms with Gasteiger partial charge in [-0.15, -0.1) is 0 Å². The first-order valence-electron chi connectivity index (χ1n) is 6.85. The van der Waals surface area contributed by atoms with Gasteiger partial charge in [-0.05, 0) is 36.7 Å². The van der Waals surface area contributed by atoms with Crippen LogP contribution in [0.15, 0.2) is 29.2 Å². The highest BCUT2D eigenvalue weighted by molar-refractivity contribution is 6.67. The van der Waals surface area contributed by atoms with Crippen molar-refractivity contribution < 1.29 is 9.53 Å². The molecule has 0 spiro atoms. The molecule has 0 unspecified atom stereocenters. The van der Waals surface area contributed by atoms with Gasteiger partial charge in [0.2, 0.25) is 5.43 Å². The summed E-state index contributed by atoms with van der Waals surface area (Å²) in [5, 5.41) is 1.38. The van der Waals surface area contributed by atoms with Gasteiger partial charge in [-0.25, -0.2) is 0 Å². The molecule has 0 aliphatic carbocycles. The van der Waals surface area contributed by atoms with Crippen molar-refractivity contribution in [3.05, 3.63) is 40.2 Å². The first-order valence-corrected chi connectivity index (χ1v) is 7.23. The van der Waals surface area contributed by atoms with Crippen LogP contribution in [0, 0.1) is 0 Å². The number of aromatic nitrogens is 1. The number of fused-ring (bicyclic) bond motifs is 1. The molecule has 2 aromatic rings. The van der Waals surface area contributed by atoms with E-state index in [0.29, 0.717) is 29.8 Å². The number of benzene rings is 1. The second-order valence-corrected chi connectivity index (χ2v) is 5.35. The molecule has 118 valence electrons. The van der Waals surface area contributed by atoms with Gasteiger partial charge < -0.3 is 15.5 Å². The minimum Gasteiger partial charge on any atom is -0.493 e. The highest BCUT2D eigenvalue weighted by Crippen LogP contribution is 2.20. The van der Waals surface area contributed by atoms with Crippen molar-refractivity contribution in [2.45, 2.75) is 6.42 Å². The molecule has 0 aliphatic heterocycles. The van der Waals surface area contributed by atoms with Gasteiger partial charge in [-0.3, -0.25) is 14.3 Å². The van der Waals surface area contributed by atoms with Crippen molar-refractivity contribution in [1.82, 2.24) is 4.68 Å². The average molecular weight is 324 g/mol. The highest BCUT2D eigenvalue weighted by atomic mass is 35.5. The molecule has 0 bridgehead atoms. The zero-order valence-corrected chi connectivity index (χ0v) is 13.3. The Balaban J connectivity index is 2.60. The molecule has 1 heterocycles. The third kappa shape index (κ3) is 3.23. The lowest BCUT2D eigenvalue weighted by atomic mass is 10.1. The summed E-state index contributed by atoms with van der Waals surface area (Å²) in [4.78, 5) is 23.7. The van der Waals surface area contributed by atoms with Crippen LogP contribution in [0.5, 0.6) is 5.75 Å². The van der Waals surface area contributed by atoms with Gasteiger partial charge in [-0.1, -0.05) is 0 Å². The minimum atomic E-state index is -0.772. The zero-order valence-electron chi connectivity index (χ0n) is 12.5. The molecule has 0 saturated heterocycles. The standard InChI is InChI=1S/C15H18ClN3O3/c1-18(2)19-9-12(15(16)21)14(20)11-5-4-10(8-13(11)19)22-7-3-6-17/h4-5,8-9H,3,6-7,17H2,1-2H3. The smallest absolute Gasteiger partial charge is 0.257 e. The van der Waals surface area contributed by atoms with Crippen LogP contribution in [0.1, 0.15) is 16.8 Å². The molecule has 0 amide bonds. The average Bonchev–Trinajstić information content (AvgIpc) is 2.47. The van der Waals surface area contributed by atoms with Crippen molar-refractivity contribution in [1.29, 1.82) is 0 Å². The molecule has 0 fully saturated rings.